The Kier molecular flexibility index (Phi) is 6.38. The van der Waals surface area contributed by atoms with Gasteiger partial charge in [0.05, 0.1) is 23.2 Å². The van der Waals surface area contributed by atoms with Crippen molar-refractivity contribution in [2.75, 3.05) is 18.0 Å². The molecule has 0 saturated heterocycles. The molecule has 2 aromatic carbocycles. The molecule has 0 amide bonds. The van der Waals surface area contributed by atoms with Crippen LogP contribution < -0.4 is 10.8 Å². The van der Waals surface area contributed by atoms with Crippen LogP contribution in [0.5, 0.6) is 0 Å². The number of nitrogens with two attached hydrogens (primary N) is 1. The van der Waals surface area contributed by atoms with Crippen molar-refractivity contribution in [1.82, 2.24) is 0 Å². The van der Waals surface area contributed by atoms with E-state index in [9.17, 15) is 9.42 Å². The highest BCUT2D eigenvalue weighted by atomic mass is 32.2. The summed E-state index contributed by atoms with van der Waals surface area (Å²) in [6.07, 6.45) is 1.70. The van der Waals surface area contributed by atoms with Crippen LogP contribution in [0.2, 0.25) is 0 Å². The van der Waals surface area contributed by atoms with E-state index in [0.717, 1.165) is 37.9 Å². The summed E-state index contributed by atoms with van der Waals surface area (Å²) in [6, 6.07) is 11.9. The van der Waals surface area contributed by atoms with E-state index in [1.54, 1.807) is 6.26 Å². The number of hydrogen-bond donors (Lipinski definition) is 2. The molecule has 3 N–H and O–H groups in total. The molecule has 0 fully saturated rings. The molecule has 25 heavy (non-hydrogen) atoms. The van der Waals surface area contributed by atoms with Crippen LogP contribution in [0.25, 0.3) is 11.1 Å². The molecule has 1 unspecified atom stereocenters. The Morgan fingerprint density at radius 3 is 2.04 bits per heavy atom. The van der Waals surface area contributed by atoms with Crippen LogP contribution in [0.4, 0.5) is 5.69 Å². The molecule has 0 aromatic heterocycles. The SMILES string of the molecule is CC(C)c1cc(-c2ccccc2S(C)=O)cc(C(C)C)c1N(O)CN. The third-order valence-corrected chi connectivity index (χ3v) is 5.33. The molecule has 4 nitrogen and oxygen atoms in total. The van der Waals surface area contributed by atoms with Crippen molar-refractivity contribution in [3.8, 4) is 11.1 Å². The van der Waals surface area contributed by atoms with Gasteiger partial charge >= 0.3 is 0 Å². The number of hydroxylamine groups is 1. The first-order chi connectivity index (χ1) is 11.8. The molecule has 2 rings (SSSR count). The molecule has 0 spiro atoms. The molecule has 2 aromatic rings. The minimum Gasteiger partial charge on any atom is -0.312 e. The standard InChI is InChI=1S/C20H28N2O2S/c1-13(2)17-10-15(16-8-6-7-9-19(16)25(5)24)11-18(14(3)4)20(17)22(23)12-21/h6-11,13-14,23H,12,21H2,1-5H3. The van der Waals surface area contributed by atoms with Crippen molar-refractivity contribution in [2.45, 2.75) is 44.4 Å². The molecule has 5 heteroatoms. The first-order valence-corrected chi connectivity index (χ1v) is 10.1. The molecule has 0 saturated carbocycles. The van der Waals surface area contributed by atoms with Crippen molar-refractivity contribution in [1.29, 1.82) is 0 Å². The van der Waals surface area contributed by atoms with Gasteiger partial charge in [-0.05, 0) is 52.3 Å². The summed E-state index contributed by atoms with van der Waals surface area (Å²) < 4.78 is 12.1. The summed E-state index contributed by atoms with van der Waals surface area (Å²) >= 11 is 0. The summed E-state index contributed by atoms with van der Waals surface area (Å²) in [5.41, 5.74) is 10.5. The van der Waals surface area contributed by atoms with Gasteiger partial charge < -0.3 is 5.73 Å². The van der Waals surface area contributed by atoms with Crippen LogP contribution >= 0.6 is 0 Å². The second kappa shape index (κ2) is 8.13. The minimum atomic E-state index is -1.07. The Bertz CT molecular complexity index is 743. The third kappa shape index (κ3) is 4.11. The quantitative estimate of drug-likeness (QED) is 0.590. The highest BCUT2D eigenvalue weighted by Gasteiger charge is 2.21. The van der Waals surface area contributed by atoms with Gasteiger partial charge in [0.1, 0.15) is 0 Å². The number of anilines is 1. The minimum absolute atomic E-state index is 0.0361. The van der Waals surface area contributed by atoms with E-state index in [-0.39, 0.29) is 18.5 Å². The summed E-state index contributed by atoms with van der Waals surface area (Å²) in [5.74, 6) is 0.431. The zero-order valence-corrected chi connectivity index (χ0v) is 16.4. The van der Waals surface area contributed by atoms with Crippen LogP contribution in [0.1, 0.15) is 50.7 Å². The molecule has 0 aliphatic carbocycles. The number of benzene rings is 2. The van der Waals surface area contributed by atoms with Crippen molar-refractivity contribution in [2.24, 2.45) is 5.73 Å². The summed E-state index contributed by atoms with van der Waals surface area (Å²) in [7, 11) is -1.07. The lowest BCUT2D eigenvalue weighted by atomic mass is 9.88. The molecular weight excluding hydrogens is 332 g/mol. The van der Waals surface area contributed by atoms with Gasteiger partial charge in [-0.15, -0.1) is 0 Å². The Labute approximate surface area is 153 Å². The van der Waals surface area contributed by atoms with E-state index in [2.05, 4.69) is 39.8 Å². The highest BCUT2D eigenvalue weighted by molar-refractivity contribution is 7.84. The maximum atomic E-state index is 12.1. The highest BCUT2D eigenvalue weighted by Crippen LogP contribution is 2.39. The zero-order valence-electron chi connectivity index (χ0n) is 15.6. The van der Waals surface area contributed by atoms with E-state index >= 15 is 0 Å². The van der Waals surface area contributed by atoms with E-state index in [4.69, 9.17) is 5.73 Å². The smallest absolute Gasteiger partial charge is 0.0924 e. The largest absolute Gasteiger partial charge is 0.312 e. The fraction of sp³-hybridized carbons (Fsp3) is 0.400. The van der Waals surface area contributed by atoms with Gasteiger partial charge in [-0.1, -0.05) is 45.9 Å². The summed E-state index contributed by atoms with van der Waals surface area (Å²) in [5, 5.41) is 11.5. The first kappa shape index (κ1) is 19.6. The first-order valence-electron chi connectivity index (χ1n) is 8.55. The topological polar surface area (TPSA) is 66.6 Å². The maximum Gasteiger partial charge on any atom is 0.0924 e. The van der Waals surface area contributed by atoms with Crippen LogP contribution in [-0.4, -0.2) is 22.3 Å². The Morgan fingerprint density at radius 1 is 1.08 bits per heavy atom. The average molecular weight is 361 g/mol. The van der Waals surface area contributed by atoms with Crippen LogP contribution in [-0.2, 0) is 10.8 Å². The Balaban J connectivity index is 2.80. The average Bonchev–Trinajstić information content (AvgIpc) is 2.59. The van der Waals surface area contributed by atoms with E-state index in [1.165, 1.54) is 0 Å². The summed E-state index contributed by atoms with van der Waals surface area (Å²) in [6.45, 7) is 8.43. The Hall–Kier alpha value is -1.69. The Morgan fingerprint density at radius 2 is 1.60 bits per heavy atom. The van der Waals surface area contributed by atoms with Gasteiger partial charge in [0.25, 0.3) is 0 Å². The lowest BCUT2D eigenvalue weighted by Crippen LogP contribution is -2.28. The second-order valence-electron chi connectivity index (χ2n) is 6.85. The van der Waals surface area contributed by atoms with Gasteiger partial charge in [0, 0.05) is 11.2 Å². The lowest BCUT2D eigenvalue weighted by molar-refractivity contribution is 0.255. The van der Waals surface area contributed by atoms with Crippen molar-refractivity contribution >= 4 is 16.5 Å². The van der Waals surface area contributed by atoms with E-state index < -0.39 is 10.8 Å². The molecule has 0 heterocycles. The molecule has 136 valence electrons. The number of hydrogen-bond acceptors (Lipinski definition) is 4. The van der Waals surface area contributed by atoms with E-state index in [0.29, 0.717) is 0 Å². The fourth-order valence-electron chi connectivity index (χ4n) is 3.06. The van der Waals surface area contributed by atoms with Crippen LogP contribution in [0.15, 0.2) is 41.3 Å². The second-order valence-corrected chi connectivity index (χ2v) is 8.19. The predicted molar refractivity (Wildman–Crippen MR) is 106 cm³/mol. The van der Waals surface area contributed by atoms with Gasteiger partial charge in [-0.3, -0.25) is 9.42 Å². The van der Waals surface area contributed by atoms with Crippen molar-refractivity contribution < 1.29 is 9.42 Å². The third-order valence-electron chi connectivity index (χ3n) is 4.35. The predicted octanol–water partition coefficient (Wildman–Crippen LogP) is 4.45. The van der Waals surface area contributed by atoms with Crippen LogP contribution in [0.3, 0.4) is 0 Å². The van der Waals surface area contributed by atoms with Gasteiger partial charge in [0.2, 0.25) is 0 Å². The molecule has 0 aliphatic rings. The van der Waals surface area contributed by atoms with Gasteiger partial charge in [0.15, 0.2) is 0 Å². The summed E-state index contributed by atoms with van der Waals surface area (Å²) in [4.78, 5) is 0.819. The molecule has 1 atom stereocenters. The molecule has 0 aliphatic heterocycles. The maximum absolute atomic E-state index is 12.1. The van der Waals surface area contributed by atoms with Gasteiger partial charge in [-0.25, -0.2) is 5.06 Å². The van der Waals surface area contributed by atoms with Gasteiger partial charge in [-0.2, -0.15) is 0 Å². The molecule has 0 radical (unpaired) electrons. The fourth-order valence-corrected chi connectivity index (χ4v) is 3.83. The van der Waals surface area contributed by atoms with Crippen molar-refractivity contribution in [3.63, 3.8) is 0 Å². The molecular formula is C20H28N2O2S. The number of nitrogens with zero attached hydrogens (tertiary/aromatic N) is 1. The number of rotatable bonds is 6. The lowest BCUT2D eigenvalue weighted by Gasteiger charge is -2.27. The van der Waals surface area contributed by atoms with Crippen molar-refractivity contribution in [3.05, 3.63) is 47.5 Å². The monoisotopic (exact) mass is 360 g/mol. The molecule has 0 bridgehead atoms. The normalized spacial score (nSPS) is 12.7. The van der Waals surface area contributed by atoms with Crippen LogP contribution in [0, 0.1) is 0 Å². The van der Waals surface area contributed by atoms with E-state index in [1.807, 2.05) is 24.3 Å². The zero-order chi connectivity index (χ0) is 18.7.